The van der Waals surface area contributed by atoms with Crippen molar-refractivity contribution in [3.63, 3.8) is 0 Å². The van der Waals surface area contributed by atoms with Gasteiger partial charge < -0.3 is 9.72 Å². The van der Waals surface area contributed by atoms with Crippen LogP contribution in [0.1, 0.15) is 23.8 Å². The second-order valence-electron chi connectivity index (χ2n) is 3.02. The molecule has 2 heterocycles. The Hall–Kier alpha value is -1.29. The van der Waals surface area contributed by atoms with Gasteiger partial charge in [-0.05, 0) is 23.9 Å². The van der Waals surface area contributed by atoms with Gasteiger partial charge in [-0.1, -0.05) is 6.92 Å². The average molecular weight is 209 g/mol. The third-order valence-electron chi connectivity index (χ3n) is 1.90. The molecule has 14 heavy (non-hydrogen) atoms. The van der Waals surface area contributed by atoms with Gasteiger partial charge in [0.15, 0.2) is 0 Å². The zero-order valence-corrected chi connectivity index (χ0v) is 8.69. The Kier molecular flexibility index (Phi) is 2.54. The van der Waals surface area contributed by atoms with E-state index >= 15 is 0 Å². The molecule has 0 aromatic carbocycles. The molecule has 0 spiro atoms. The van der Waals surface area contributed by atoms with Crippen molar-refractivity contribution in [3.05, 3.63) is 23.2 Å². The molecule has 2 rings (SSSR count). The molecule has 0 fully saturated rings. The highest BCUT2D eigenvalue weighted by Crippen LogP contribution is 2.21. The van der Waals surface area contributed by atoms with Crippen LogP contribution in [0.3, 0.4) is 0 Å². The molecule has 1 N–H and O–H groups in total. The number of nitrogens with one attached hydrogen (secondary N) is 1. The van der Waals surface area contributed by atoms with E-state index < -0.39 is 0 Å². The van der Waals surface area contributed by atoms with E-state index in [1.807, 2.05) is 24.4 Å². The monoisotopic (exact) mass is 209 g/mol. The molecule has 0 saturated carbocycles. The van der Waals surface area contributed by atoms with Crippen LogP contribution in [0.2, 0.25) is 0 Å². The van der Waals surface area contributed by atoms with E-state index in [4.69, 9.17) is 4.74 Å². The Morgan fingerprint density at radius 2 is 2.50 bits per heavy atom. The van der Waals surface area contributed by atoms with E-state index in [1.165, 1.54) is 0 Å². The Balaban J connectivity index is 2.18. The van der Waals surface area contributed by atoms with Gasteiger partial charge in [-0.15, -0.1) is 11.3 Å². The van der Waals surface area contributed by atoms with Gasteiger partial charge in [-0.3, -0.25) is 0 Å². The summed E-state index contributed by atoms with van der Waals surface area (Å²) in [4.78, 5) is 15.5. The molecule has 3 nitrogen and oxygen atoms in total. The first-order chi connectivity index (χ1) is 6.81. The van der Waals surface area contributed by atoms with Crippen LogP contribution in [0.15, 0.2) is 17.5 Å². The number of aromatic amines is 1. The number of H-pyrrole nitrogens is 1. The SMILES string of the molecule is CCCOC(=O)c1cc2ccsc2[nH]1. The summed E-state index contributed by atoms with van der Waals surface area (Å²) in [5, 5.41) is 3.06. The van der Waals surface area contributed by atoms with E-state index in [0.717, 1.165) is 16.6 Å². The topological polar surface area (TPSA) is 42.1 Å². The molecule has 2 aromatic heterocycles. The van der Waals surface area contributed by atoms with Crippen LogP contribution < -0.4 is 0 Å². The summed E-state index contributed by atoms with van der Waals surface area (Å²) in [5.74, 6) is -0.268. The fourth-order valence-electron chi connectivity index (χ4n) is 1.23. The maximum atomic E-state index is 11.4. The van der Waals surface area contributed by atoms with Gasteiger partial charge in [-0.2, -0.15) is 0 Å². The van der Waals surface area contributed by atoms with Crippen molar-refractivity contribution in [2.75, 3.05) is 6.61 Å². The van der Waals surface area contributed by atoms with Gasteiger partial charge in [0.1, 0.15) is 10.5 Å². The molecule has 0 amide bonds. The minimum atomic E-state index is -0.268. The first-order valence-electron chi connectivity index (χ1n) is 4.54. The number of thiophene rings is 1. The summed E-state index contributed by atoms with van der Waals surface area (Å²) >= 11 is 1.59. The summed E-state index contributed by atoms with van der Waals surface area (Å²) in [7, 11) is 0. The van der Waals surface area contributed by atoms with Crippen molar-refractivity contribution in [2.24, 2.45) is 0 Å². The summed E-state index contributed by atoms with van der Waals surface area (Å²) in [6.45, 7) is 2.45. The van der Waals surface area contributed by atoms with E-state index in [1.54, 1.807) is 11.3 Å². The zero-order chi connectivity index (χ0) is 9.97. The predicted molar refractivity (Wildman–Crippen MR) is 56.7 cm³/mol. The number of hydrogen-bond acceptors (Lipinski definition) is 3. The number of hydrogen-bond donors (Lipinski definition) is 1. The summed E-state index contributed by atoms with van der Waals surface area (Å²) in [5.41, 5.74) is 0.542. The lowest BCUT2D eigenvalue weighted by atomic mass is 10.3. The lowest BCUT2D eigenvalue weighted by Gasteiger charge is -1.99. The van der Waals surface area contributed by atoms with E-state index in [0.29, 0.717) is 12.3 Å². The Bertz CT molecular complexity index is 415. The minimum Gasteiger partial charge on any atom is -0.461 e. The highest BCUT2D eigenvalue weighted by atomic mass is 32.1. The Morgan fingerprint density at radius 1 is 1.64 bits per heavy atom. The highest BCUT2D eigenvalue weighted by molar-refractivity contribution is 7.16. The maximum Gasteiger partial charge on any atom is 0.354 e. The number of rotatable bonds is 3. The van der Waals surface area contributed by atoms with Crippen LogP contribution in [0.5, 0.6) is 0 Å². The highest BCUT2D eigenvalue weighted by Gasteiger charge is 2.10. The van der Waals surface area contributed by atoms with Gasteiger partial charge in [0, 0.05) is 5.39 Å². The number of carbonyl (C=O) groups excluding carboxylic acids is 1. The van der Waals surface area contributed by atoms with Crippen molar-refractivity contribution in [2.45, 2.75) is 13.3 Å². The van der Waals surface area contributed by atoms with E-state index in [-0.39, 0.29) is 5.97 Å². The molecular weight excluding hydrogens is 198 g/mol. The summed E-state index contributed by atoms with van der Waals surface area (Å²) in [6, 6.07) is 3.80. The minimum absolute atomic E-state index is 0.268. The number of esters is 1. The molecular formula is C10H11NO2S. The van der Waals surface area contributed by atoms with Crippen molar-refractivity contribution in [1.82, 2.24) is 4.98 Å². The normalized spacial score (nSPS) is 10.6. The molecule has 0 aliphatic carbocycles. The third-order valence-corrected chi connectivity index (χ3v) is 2.75. The van der Waals surface area contributed by atoms with Crippen LogP contribution >= 0.6 is 11.3 Å². The van der Waals surface area contributed by atoms with E-state index in [2.05, 4.69) is 4.98 Å². The number of carbonyl (C=O) groups is 1. The molecule has 0 unspecified atom stereocenters. The van der Waals surface area contributed by atoms with Crippen LogP contribution in [0, 0.1) is 0 Å². The number of fused-ring (bicyclic) bond motifs is 1. The fraction of sp³-hybridized carbons (Fsp3) is 0.300. The average Bonchev–Trinajstić information content (AvgIpc) is 2.72. The standard InChI is InChI=1S/C10H11NO2S/c1-2-4-13-10(12)8-6-7-3-5-14-9(7)11-8/h3,5-6,11H,2,4H2,1H3. The predicted octanol–water partition coefficient (Wildman–Crippen LogP) is 2.80. The van der Waals surface area contributed by atoms with Crippen molar-refractivity contribution in [3.8, 4) is 0 Å². The van der Waals surface area contributed by atoms with Crippen LogP contribution in [0.25, 0.3) is 10.2 Å². The van der Waals surface area contributed by atoms with Crippen LogP contribution in [-0.2, 0) is 4.74 Å². The first-order valence-corrected chi connectivity index (χ1v) is 5.42. The zero-order valence-electron chi connectivity index (χ0n) is 7.87. The molecule has 0 aliphatic heterocycles. The van der Waals surface area contributed by atoms with Crippen molar-refractivity contribution in [1.29, 1.82) is 0 Å². The molecule has 0 bridgehead atoms. The first kappa shape index (κ1) is 9.27. The second kappa shape index (κ2) is 3.84. The molecule has 2 aromatic rings. The molecule has 0 atom stereocenters. The Labute approximate surface area is 85.7 Å². The second-order valence-corrected chi connectivity index (χ2v) is 3.94. The molecule has 4 heteroatoms. The quantitative estimate of drug-likeness (QED) is 0.790. The largest absolute Gasteiger partial charge is 0.461 e. The third kappa shape index (κ3) is 1.65. The van der Waals surface area contributed by atoms with Gasteiger partial charge in [-0.25, -0.2) is 4.79 Å². The summed E-state index contributed by atoms with van der Waals surface area (Å²) in [6.07, 6.45) is 0.848. The van der Waals surface area contributed by atoms with Gasteiger partial charge in [0.25, 0.3) is 0 Å². The molecule has 0 aliphatic rings. The lowest BCUT2D eigenvalue weighted by Crippen LogP contribution is -2.05. The smallest absolute Gasteiger partial charge is 0.354 e. The molecule has 0 saturated heterocycles. The maximum absolute atomic E-state index is 11.4. The fourth-order valence-corrected chi connectivity index (χ4v) is 2.01. The lowest BCUT2D eigenvalue weighted by molar-refractivity contribution is 0.0499. The van der Waals surface area contributed by atoms with E-state index in [9.17, 15) is 4.79 Å². The molecule has 0 radical (unpaired) electrons. The number of aromatic nitrogens is 1. The summed E-state index contributed by atoms with van der Waals surface area (Å²) < 4.78 is 5.01. The number of ether oxygens (including phenoxy) is 1. The van der Waals surface area contributed by atoms with Crippen LogP contribution in [-0.4, -0.2) is 17.6 Å². The van der Waals surface area contributed by atoms with Gasteiger partial charge in [0.2, 0.25) is 0 Å². The van der Waals surface area contributed by atoms with Crippen LogP contribution in [0.4, 0.5) is 0 Å². The van der Waals surface area contributed by atoms with Gasteiger partial charge >= 0.3 is 5.97 Å². The Morgan fingerprint density at radius 3 is 3.21 bits per heavy atom. The van der Waals surface area contributed by atoms with Crippen molar-refractivity contribution < 1.29 is 9.53 Å². The molecule has 74 valence electrons. The van der Waals surface area contributed by atoms with Crippen molar-refractivity contribution >= 4 is 27.5 Å². The van der Waals surface area contributed by atoms with Gasteiger partial charge in [0.05, 0.1) is 6.61 Å².